The van der Waals surface area contributed by atoms with E-state index in [9.17, 15) is 4.79 Å². The number of hydrogen-bond donors (Lipinski definition) is 2. The summed E-state index contributed by atoms with van der Waals surface area (Å²) >= 11 is 0. The second-order valence-corrected chi connectivity index (χ2v) is 4.24. The summed E-state index contributed by atoms with van der Waals surface area (Å²) in [5.74, 6) is -0.509. The van der Waals surface area contributed by atoms with Crippen LogP contribution in [0, 0.1) is 11.3 Å². The van der Waals surface area contributed by atoms with E-state index in [4.69, 9.17) is 16.7 Å². The van der Waals surface area contributed by atoms with Crippen molar-refractivity contribution in [2.24, 2.45) is 5.73 Å². The average molecular weight is 279 g/mol. The first-order chi connectivity index (χ1) is 10.1. The van der Waals surface area contributed by atoms with E-state index in [0.29, 0.717) is 22.4 Å². The Morgan fingerprint density at radius 1 is 1.24 bits per heavy atom. The van der Waals surface area contributed by atoms with Crippen LogP contribution in [0.2, 0.25) is 0 Å². The van der Waals surface area contributed by atoms with Crippen LogP contribution >= 0.6 is 0 Å². The van der Waals surface area contributed by atoms with Gasteiger partial charge in [0.2, 0.25) is 11.9 Å². The van der Waals surface area contributed by atoms with E-state index in [2.05, 4.69) is 15.0 Å². The normalized spacial score (nSPS) is 10.4. The summed E-state index contributed by atoms with van der Waals surface area (Å²) in [6.45, 7) is 0. The number of nitrogens with two attached hydrogens (primary N) is 2. The van der Waals surface area contributed by atoms with Crippen molar-refractivity contribution in [3.05, 3.63) is 41.9 Å². The summed E-state index contributed by atoms with van der Waals surface area (Å²) in [5, 5.41) is 9.04. The van der Waals surface area contributed by atoms with Crippen LogP contribution < -0.4 is 11.5 Å². The molecule has 0 aliphatic rings. The van der Waals surface area contributed by atoms with Gasteiger partial charge in [0, 0.05) is 11.3 Å². The topological polar surface area (TPSA) is 136 Å². The molecule has 102 valence electrons. The Hall–Kier alpha value is -3.47. The monoisotopic (exact) mass is 279 g/mol. The van der Waals surface area contributed by atoms with E-state index >= 15 is 0 Å². The molecule has 0 atom stereocenters. The van der Waals surface area contributed by atoms with Crippen LogP contribution in [0.25, 0.3) is 16.9 Å². The summed E-state index contributed by atoms with van der Waals surface area (Å²) in [4.78, 5) is 23.1. The number of carbonyl (C=O) groups excluding carboxylic acids is 1. The van der Waals surface area contributed by atoms with Crippen LogP contribution in [-0.2, 0) is 0 Å². The number of rotatable bonds is 2. The minimum Gasteiger partial charge on any atom is -0.368 e. The molecular weight excluding hydrogens is 270 g/mol. The summed E-state index contributed by atoms with van der Waals surface area (Å²) in [5.41, 5.74) is 12.8. The second kappa shape index (κ2) is 4.57. The van der Waals surface area contributed by atoms with Gasteiger partial charge in [-0.15, -0.1) is 0 Å². The zero-order valence-corrected chi connectivity index (χ0v) is 10.7. The number of benzene rings is 1. The molecule has 0 saturated carbocycles. The number of carbonyl (C=O) groups is 1. The highest BCUT2D eigenvalue weighted by Crippen LogP contribution is 2.19. The lowest BCUT2D eigenvalue weighted by Crippen LogP contribution is -2.10. The minimum atomic E-state index is -0.504. The predicted molar refractivity (Wildman–Crippen MR) is 74.3 cm³/mol. The number of nitrogen functional groups attached to an aromatic ring is 1. The molecule has 0 fully saturated rings. The van der Waals surface area contributed by atoms with Gasteiger partial charge < -0.3 is 11.5 Å². The molecule has 0 aliphatic carbocycles. The molecule has 0 aliphatic heterocycles. The molecule has 8 nitrogen and oxygen atoms in total. The van der Waals surface area contributed by atoms with Gasteiger partial charge in [0.1, 0.15) is 17.9 Å². The molecular formula is C13H9N7O. The quantitative estimate of drug-likeness (QED) is 0.695. The van der Waals surface area contributed by atoms with Gasteiger partial charge in [0.25, 0.3) is 0 Å². The van der Waals surface area contributed by atoms with Crippen molar-refractivity contribution >= 4 is 23.0 Å². The Morgan fingerprint density at radius 3 is 2.57 bits per heavy atom. The van der Waals surface area contributed by atoms with Crippen molar-refractivity contribution in [1.29, 1.82) is 5.26 Å². The lowest BCUT2D eigenvalue weighted by Gasteiger charge is -2.04. The van der Waals surface area contributed by atoms with Crippen molar-refractivity contribution in [3.63, 3.8) is 0 Å². The Labute approximate surface area is 118 Å². The molecule has 4 N–H and O–H groups in total. The number of hydrogen-bond acceptors (Lipinski definition) is 6. The first-order valence-electron chi connectivity index (χ1n) is 5.91. The summed E-state index contributed by atoms with van der Waals surface area (Å²) in [6, 6.07) is 8.52. The third-order valence-corrected chi connectivity index (χ3v) is 2.95. The van der Waals surface area contributed by atoms with Gasteiger partial charge >= 0.3 is 0 Å². The van der Waals surface area contributed by atoms with E-state index in [0.717, 1.165) is 0 Å². The maximum atomic E-state index is 11.1. The highest BCUT2D eigenvalue weighted by Gasteiger charge is 2.13. The van der Waals surface area contributed by atoms with Gasteiger partial charge in [-0.25, -0.2) is 4.98 Å². The second-order valence-electron chi connectivity index (χ2n) is 4.24. The number of fused-ring (bicyclic) bond motifs is 1. The molecule has 0 radical (unpaired) electrons. The largest absolute Gasteiger partial charge is 0.368 e. The third-order valence-electron chi connectivity index (χ3n) is 2.95. The third kappa shape index (κ3) is 2.02. The first-order valence-corrected chi connectivity index (χ1v) is 5.91. The van der Waals surface area contributed by atoms with Crippen molar-refractivity contribution in [2.75, 3.05) is 5.73 Å². The van der Waals surface area contributed by atoms with Crippen molar-refractivity contribution in [2.45, 2.75) is 0 Å². The maximum Gasteiger partial charge on any atom is 0.248 e. The number of amides is 1. The fraction of sp³-hybridized carbons (Fsp3) is 0. The van der Waals surface area contributed by atoms with Gasteiger partial charge in [-0.3, -0.25) is 9.36 Å². The van der Waals surface area contributed by atoms with Gasteiger partial charge in [-0.2, -0.15) is 15.2 Å². The maximum absolute atomic E-state index is 11.1. The Bertz CT molecular complexity index is 889. The molecule has 0 saturated heterocycles. The number of primary amides is 1. The molecule has 2 aromatic heterocycles. The van der Waals surface area contributed by atoms with Crippen LogP contribution in [0.5, 0.6) is 0 Å². The molecule has 1 amide bonds. The molecule has 3 aromatic rings. The first kappa shape index (κ1) is 12.6. The SMILES string of the molecule is N#Cc1nc(N)nc2c1ncn2-c1ccc(C(N)=O)cc1. The van der Waals surface area contributed by atoms with Gasteiger partial charge in [0.05, 0.1) is 0 Å². The minimum absolute atomic E-state index is 0.00504. The average Bonchev–Trinajstić information content (AvgIpc) is 2.90. The van der Waals surface area contributed by atoms with Gasteiger partial charge in [-0.1, -0.05) is 0 Å². The molecule has 3 rings (SSSR count). The van der Waals surface area contributed by atoms with Crippen LogP contribution in [0.3, 0.4) is 0 Å². The Kier molecular flexibility index (Phi) is 2.73. The van der Waals surface area contributed by atoms with Crippen molar-refractivity contribution in [1.82, 2.24) is 19.5 Å². The van der Waals surface area contributed by atoms with Crippen molar-refractivity contribution < 1.29 is 4.79 Å². The fourth-order valence-corrected chi connectivity index (χ4v) is 1.97. The molecule has 1 aromatic carbocycles. The zero-order chi connectivity index (χ0) is 15.0. The fourth-order valence-electron chi connectivity index (χ4n) is 1.97. The molecule has 2 heterocycles. The summed E-state index contributed by atoms with van der Waals surface area (Å²) in [6.07, 6.45) is 1.51. The lowest BCUT2D eigenvalue weighted by atomic mass is 10.2. The number of nitriles is 1. The van der Waals surface area contributed by atoms with Gasteiger partial charge in [0.15, 0.2) is 11.3 Å². The van der Waals surface area contributed by atoms with E-state index in [-0.39, 0.29) is 11.6 Å². The van der Waals surface area contributed by atoms with Crippen LogP contribution in [-0.4, -0.2) is 25.4 Å². The number of imidazole rings is 1. The highest BCUT2D eigenvalue weighted by molar-refractivity contribution is 5.93. The molecule has 21 heavy (non-hydrogen) atoms. The van der Waals surface area contributed by atoms with E-state index in [1.54, 1.807) is 28.8 Å². The standard InChI is InChI=1S/C13H9N7O/c14-5-9-10-12(19-13(16)18-9)20(6-17-10)8-3-1-7(2-4-8)11(15)21/h1-4,6H,(H2,15,21)(H2,16,18,19). The highest BCUT2D eigenvalue weighted by atomic mass is 16.1. The molecule has 0 unspecified atom stereocenters. The number of anilines is 1. The van der Waals surface area contributed by atoms with Crippen LogP contribution in [0.15, 0.2) is 30.6 Å². The van der Waals surface area contributed by atoms with E-state index < -0.39 is 5.91 Å². The van der Waals surface area contributed by atoms with Crippen molar-refractivity contribution in [3.8, 4) is 11.8 Å². The summed E-state index contributed by atoms with van der Waals surface area (Å²) < 4.78 is 1.65. The van der Waals surface area contributed by atoms with Crippen LogP contribution in [0.1, 0.15) is 16.1 Å². The van der Waals surface area contributed by atoms with E-state index in [1.807, 2.05) is 6.07 Å². The summed E-state index contributed by atoms with van der Waals surface area (Å²) in [7, 11) is 0. The Balaban J connectivity index is 2.19. The number of aromatic nitrogens is 4. The molecule has 0 spiro atoms. The van der Waals surface area contributed by atoms with E-state index in [1.165, 1.54) is 6.33 Å². The van der Waals surface area contributed by atoms with Crippen LogP contribution in [0.4, 0.5) is 5.95 Å². The van der Waals surface area contributed by atoms with Gasteiger partial charge in [-0.05, 0) is 24.3 Å². The smallest absolute Gasteiger partial charge is 0.248 e. The predicted octanol–water partition coefficient (Wildman–Crippen LogP) is 0.368. The molecule has 0 bridgehead atoms. The Morgan fingerprint density at radius 2 is 1.95 bits per heavy atom. The molecule has 8 heteroatoms. The zero-order valence-electron chi connectivity index (χ0n) is 10.7. The lowest BCUT2D eigenvalue weighted by molar-refractivity contribution is 0.100. The number of nitrogens with zero attached hydrogens (tertiary/aromatic N) is 5.